The van der Waals surface area contributed by atoms with E-state index in [2.05, 4.69) is 50.8 Å². The van der Waals surface area contributed by atoms with Crippen molar-refractivity contribution in [1.29, 1.82) is 0 Å². The zero-order valence-corrected chi connectivity index (χ0v) is 17.1. The Morgan fingerprint density at radius 2 is 1.70 bits per heavy atom. The Balaban J connectivity index is 1.70. The third-order valence-electron chi connectivity index (χ3n) is 4.43. The molecule has 4 rings (SSSR count). The summed E-state index contributed by atoms with van der Waals surface area (Å²) < 4.78 is 9.43. The molecule has 0 N–H and O–H groups in total. The lowest BCUT2D eigenvalue weighted by Gasteiger charge is -2.17. The third kappa shape index (κ3) is 4.02. The zero-order chi connectivity index (χ0) is 18.8. The summed E-state index contributed by atoms with van der Waals surface area (Å²) in [5.74, 6) is 1.67. The largest absolute Gasteiger partial charge is 0.483 e. The second-order valence-electron chi connectivity index (χ2n) is 6.39. The molecule has 0 saturated carbocycles. The molecule has 3 nitrogen and oxygen atoms in total. The Labute approximate surface area is 171 Å². The summed E-state index contributed by atoms with van der Waals surface area (Å²) in [4.78, 5) is 4.84. The maximum Gasteiger partial charge on any atom is 0.153 e. The van der Waals surface area contributed by atoms with E-state index in [0.717, 1.165) is 33.6 Å². The summed E-state index contributed by atoms with van der Waals surface area (Å²) in [6.45, 7) is 2.76. The quantitative estimate of drug-likeness (QED) is 0.347. The van der Waals surface area contributed by atoms with Gasteiger partial charge in [0, 0.05) is 16.0 Å². The normalized spacial score (nSPS) is 12.3. The first-order valence-corrected chi connectivity index (χ1v) is 9.89. The first-order chi connectivity index (χ1) is 13.1. The van der Waals surface area contributed by atoms with Gasteiger partial charge in [0.25, 0.3) is 0 Å². The first-order valence-electron chi connectivity index (χ1n) is 8.72. The van der Waals surface area contributed by atoms with Gasteiger partial charge in [-0.05, 0) is 61.0 Å². The molecule has 0 fully saturated rings. The summed E-state index contributed by atoms with van der Waals surface area (Å²) >= 11 is 9.46. The average molecular weight is 442 g/mol. The molecular formula is C22H18BrClN2O. The van der Waals surface area contributed by atoms with Crippen molar-refractivity contribution in [3.63, 3.8) is 0 Å². The molecule has 3 aromatic carbocycles. The molecule has 136 valence electrons. The number of hydrogen-bond acceptors (Lipinski definition) is 2. The highest BCUT2D eigenvalue weighted by molar-refractivity contribution is 9.10. The molecule has 1 aromatic heterocycles. The van der Waals surface area contributed by atoms with Crippen LogP contribution in [0.25, 0.3) is 11.0 Å². The van der Waals surface area contributed by atoms with Gasteiger partial charge in [0.05, 0.1) is 11.0 Å². The number of hydrogen-bond donors (Lipinski definition) is 0. The highest BCUT2D eigenvalue weighted by Gasteiger charge is 2.18. The second kappa shape index (κ2) is 7.75. The van der Waals surface area contributed by atoms with E-state index in [-0.39, 0.29) is 6.10 Å². The lowest BCUT2D eigenvalue weighted by molar-refractivity contribution is 0.212. The van der Waals surface area contributed by atoms with E-state index < -0.39 is 0 Å². The zero-order valence-electron chi connectivity index (χ0n) is 14.8. The number of imidazole rings is 1. The van der Waals surface area contributed by atoms with Crippen molar-refractivity contribution in [1.82, 2.24) is 9.55 Å². The van der Waals surface area contributed by atoms with Crippen LogP contribution in [0.15, 0.2) is 77.3 Å². The van der Waals surface area contributed by atoms with Crippen LogP contribution in [0.2, 0.25) is 5.02 Å². The molecule has 1 heterocycles. The minimum absolute atomic E-state index is 0.200. The molecular weight excluding hydrogens is 424 g/mol. The fraction of sp³-hybridized carbons (Fsp3) is 0.136. The van der Waals surface area contributed by atoms with Crippen molar-refractivity contribution >= 4 is 38.6 Å². The van der Waals surface area contributed by atoms with Crippen LogP contribution >= 0.6 is 27.5 Å². The molecule has 1 unspecified atom stereocenters. The van der Waals surface area contributed by atoms with Crippen molar-refractivity contribution < 1.29 is 4.74 Å². The van der Waals surface area contributed by atoms with Gasteiger partial charge < -0.3 is 9.30 Å². The maximum atomic E-state index is 6.13. The van der Waals surface area contributed by atoms with Crippen molar-refractivity contribution in [2.45, 2.75) is 19.6 Å². The SMILES string of the molecule is CC(Oc1ccc(Cl)cc1)c1nc2ccccc2n1Cc1ccc(Br)cc1. The van der Waals surface area contributed by atoms with Gasteiger partial charge in [-0.25, -0.2) is 4.98 Å². The predicted octanol–water partition coefficient (Wildman–Crippen LogP) is 6.64. The number of halogens is 2. The molecule has 0 bridgehead atoms. The Morgan fingerprint density at radius 3 is 2.44 bits per heavy atom. The highest BCUT2D eigenvalue weighted by Crippen LogP contribution is 2.27. The number of fused-ring (bicyclic) bond motifs is 1. The molecule has 0 aliphatic rings. The standard InChI is InChI=1S/C22H18BrClN2O/c1-15(27-19-12-10-18(24)11-13-19)22-25-20-4-2-3-5-21(20)26(22)14-16-6-8-17(23)9-7-16/h2-13,15H,14H2,1H3. The Hall–Kier alpha value is -2.30. The first kappa shape index (κ1) is 18.1. The molecule has 0 radical (unpaired) electrons. The van der Waals surface area contributed by atoms with E-state index in [0.29, 0.717) is 5.02 Å². The molecule has 0 spiro atoms. The lowest BCUT2D eigenvalue weighted by Crippen LogP contribution is -2.12. The van der Waals surface area contributed by atoms with E-state index in [1.165, 1.54) is 5.56 Å². The minimum atomic E-state index is -0.200. The summed E-state index contributed by atoms with van der Waals surface area (Å²) in [6.07, 6.45) is -0.200. The monoisotopic (exact) mass is 440 g/mol. The Kier molecular flexibility index (Phi) is 5.19. The number of ether oxygens (including phenoxy) is 1. The summed E-state index contributed by atoms with van der Waals surface area (Å²) in [5, 5.41) is 0.692. The molecule has 27 heavy (non-hydrogen) atoms. The predicted molar refractivity (Wildman–Crippen MR) is 113 cm³/mol. The van der Waals surface area contributed by atoms with E-state index in [1.54, 1.807) is 0 Å². The molecule has 1 atom stereocenters. The van der Waals surface area contributed by atoms with Gasteiger partial charge in [-0.15, -0.1) is 0 Å². The Bertz CT molecular complexity index is 1060. The summed E-state index contributed by atoms with van der Waals surface area (Å²) in [6, 6.07) is 23.9. The smallest absolute Gasteiger partial charge is 0.153 e. The third-order valence-corrected chi connectivity index (χ3v) is 5.21. The van der Waals surface area contributed by atoms with E-state index in [9.17, 15) is 0 Å². The lowest BCUT2D eigenvalue weighted by atomic mass is 10.2. The van der Waals surface area contributed by atoms with E-state index in [4.69, 9.17) is 21.3 Å². The number of nitrogens with zero attached hydrogens (tertiary/aromatic N) is 2. The van der Waals surface area contributed by atoms with Gasteiger partial charge in [-0.1, -0.05) is 51.8 Å². The van der Waals surface area contributed by atoms with Crippen molar-refractivity contribution in [3.8, 4) is 5.75 Å². The topological polar surface area (TPSA) is 27.1 Å². The second-order valence-corrected chi connectivity index (χ2v) is 7.74. The van der Waals surface area contributed by atoms with Crippen LogP contribution < -0.4 is 4.74 Å². The molecule has 0 aliphatic heterocycles. The Morgan fingerprint density at radius 1 is 1.00 bits per heavy atom. The van der Waals surface area contributed by atoms with Gasteiger partial charge in [0.2, 0.25) is 0 Å². The van der Waals surface area contributed by atoms with Crippen molar-refractivity contribution in [2.24, 2.45) is 0 Å². The summed E-state index contributed by atoms with van der Waals surface area (Å²) in [5.41, 5.74) is 3.28. The molecule has 5 heteroatoms. The fourth-order valence-electron chi connectivity index (χ4n) is 3.11. The highest BCUT2D eigenvalue weighted by atomic mass is 79.9. The van der Waals surface area contributed by atoms with Gasteiger partial charge in [-0.2, -0.15) is 0 Å². The van der Waals surface area contributed by atoms with Gasteiger partial charge >= 0.3 is 0 Å². The number of benzene rings is 3. The molecule has 0 saturated heterocycles. The van der Waals surface area contributed by atoms with Crippen LogP contribution in [-0.4, -0.2) is 9.55 Å². The van der Waals surface area contributed by atoms with Crippen LogP contribution in [0.3, 0.4) is 0 Å². The number of para-hydroxylation sites is 2. The van der Waals surface area contributed by atoms with Gasteiger partial charge in [0.15, 0.2) is 11.9 Å². The van der Waals surface area contributed by atoms with Crippen LogP contribution in [0, 0.1) is 0 Å². The van der Waals surface area contributed by atoms with Crippen molar-refractivity contribution in [3.05, 3.63) is 93.7 Å². The average Bonchev–Trinajstić information content (AvgIpc) is 3.04. The molecule has 0 amide bonds. The molecule has 0 aliphatic carbocycles. The van der Waals surface area contributed by atoms with Crippen LogP contribution in [0.5, 0.6) is 5.75 Å². The number of rotatable bonds is 5. The minimum Gasteiger partial charge on any atom is -0.483 e. The van der Waals surface area contributed by atoms with E-state index >= 15 is 0 Å². The van der Waals surface area contributed by atoms with Crippen LogP contribution in [-0.2, 0) is 6.54 Å². The maximum absolute atomic E-state index is 6.13. The van der Waals surface area contributed by atoms with Gasteiger partial charge in [-0.3, -0.25) is 0 Å². The summed E-state index contributed by atoms with van der Waals surface area (Å²) in [7, 11) is 0. The van der Waals surface area contributed by atoms with Crippen LogP contribution in [0.4, 0.5) is 0 Å². The van der Waals surface area contributed by atoms with Crippen LogP contribution in [0.1, 0.15) is 24.4 Å². The van der Waals surface area contributed by atoms with E-state index in [1.807, 2.05) is 49.4 Å². The number of aromatic nitrogens is 2. The molecule has 4 aromatic rings. The van der Waals surface area contributed by atoms with Crippen molar-refractivity contribution in [2.75, 3.05) is 0 Å². The fourth-order valence-corrected chi connectivity index (χ4v) is 3.50. The van der Waals surface area contributed by atoms with Gasteiger partial charge in [0.1, 0.15) is 5.75 Å².